The molecule has 0 saturated heterocycles. The Bertz CT molecular complexity index is 613. The van der Waals surface area contributed by atoms with Crippen LogP contribution in [0.4, 0.5) is 13.2 Å². The van der Waals surface area contributed by atoms with Crippen molar-refractivity contribution < 1.29 is 25.6 Å². The Hall–Kier alpha value is -1.05. The molecule has 0 radical (unpaired) electrons. The first kappa shape index (κ1) is 14.9. The highest BCUT2D eigenvalue weighted by Crippen LogP contribution is 2.31. The highest BCUT2D eigenvalue weighted by Gasteiger charge is 2.35. The van der Waals surface area contributed by atoms with Crippen LogP contribution in [0.2, 0.25) is 0 Å². The van der Waals surface area contributed by atoms with Gasteiger partial charge in [0.25, 0.3) is 5.92 Å². The van der Waals surface area contributed by atoms with Crippen molar-refractivity contribution in [3.8, 4) is 0 Å². The number of hydrogen-bond acceptors (Lipinski definition) is 3. The molecule has 1 aromatic carbocycles. The number of halogens is 3. The molecule has 0 bridgehead atoms. The van der Waals surface area contributed by atoms with Gasteiger partial charge in [-0.15, -0.1) is 0 Å². The lowest BCUT2D eigenvalue weighted by Gasteiger charge is -2.19. The maximum Gasteiger partial charge on any atom is 0.298 e. The molecule has 0 aliphatic carbocycles. The molecule has 1 aromatic rings. The predicted octanol–water partition coefficient (Wildman–Crippen LogP) is 3.18. The fourth-order valence-electron chi connectivity index (χ4n) is 1.42. The molecule has 0 unspecified atom stereocenters. The largest absolute Gasteiger partial charge is 0.591 e. The lowest BCUT2D eigenvalue weighted by Crippen LogP contribution is -2.27. The molecule has 1 rings (SSSR count). The van der Waals surface area contributed by atoms with Gasteiger partial charge < -0.3 is 9.66 Å². The summed E-state index contributed by atoms with van der Waals surface area (Å²) in [5.74, 6) is -5.86. The minimum Gasteiger partial charge on any atom is -0.591 e. The number of nitrogens with zero attached hydrogens (tertiary/aromatic N) is 1. The topological polar surface area (TPSA) is 55.7 Å². The maximum atomic E-state index is 14.4. The van der Waals surface area contributed by atoms with E-state index in [-0.39, 0.29) is 11.3 Å². The van der Waals surface area contributed by atoms with Crippen molar-refractivity contribution in [2.75, 3.05) is 6.56 Å². The number of alkyl halides is 2. The summed E-state index contributed by atoms with van der Waals surface area (Å²) < 4.78 is 70.7. The number of benzene rings is 1. The SMILES string of the molecule is [2H]C([2H])(O)C(F)(F)c1cccc(/C(C)=N\[S@+]([O-])C(C)(C)C)c1F. The first-order chi connectivity index (χ1) is 10.2. The Labute approximate surface area is 128 Å². The zero-order valence-corrected chi connectivity index (χ0v) is 12.9. The van der Waals surface area contributed by atoms with E-state index in [1.54, 1.807) is 20.8 Å². The average Bonchev–Trinajstić information content (AvgIpc) is 2.35. The number of aliphatic hydroxyl groups is 1. The highest BCUT2D eigenvalue weighted by molar-refractivity contribution is 7.91. The number of rotatable bonds is 4. The zero-order chi connectivity index (χ0) is 18.2. The average molecular weight is 323 g/mol. The van der Waals surface area contributed by atoms with E-state index in [0.29, 0.717) is 6.07 Å². The molecule has 0 fully saturated rings. The van der Waals surface area contributed by atoms with Gasteiger partial charge in [0, 0.05) is 5.56 Å². The third-order valence-corrected chi connectivity index (χ3v) is 4.10. The van der Waals surface area contributed by atoms with Gasteiger partial charge >= 0.3 is 0 Å². The summed E-state index contributed by atoms with van der Waals surface area (Å²) in [6, 6.07) is 2.94. The van der Waals surface area contributed by atoms with E-state index in [1.165, 1.54) is 13.0 Å². The highest BCUT2D eigenvalue weighted by atomic mass is 32.2. The van der Waals surface area contributed by atoms with E-state index in [4.69, 9.17) is 7.85 Å². The van der Waals surface area contributed by atoms with E-state index in [1.807, 2.05) is 0 Å². The molecule has 0 spiro atoms. The molecule has 0 aromatic heterocycles. The van der Waals surface area contributed by atoms with Gasteiger partial charge in [0.1, 0.15) is 28.5 Å². The quantitative estimate of drug-likeness (QED) is 0.683. The summed E-state index contributed by atoms with van der Waals surface area (Å²) in [6.45, 7) is 2.35. The van der Waals surface area contributed by atoms with Crippen LogP contribution in [0.5, 0.6) is 0 Å². The summed E-state index contributed by atoms with van der Waals surface area (Å²) in [5, 5.41) is 8.94. The molecule has 3 nitrogen and oxygen atoms in total. The lowest BCUT2D eigenvalue weighted by molar-refractivity contribution is -0.0582. The monoisotopic (exact) mass is 323 g/mol. The lowest BCUT2D eigenvalue weighted by atomic mass is 10.0. The van der Waals surface area contributed by atoms with Crippen molar-refractivity contribution in [2.24, 2.45) is 4.40 Å². The Morgan fingerprint density at radius 2 is 2.00 bits per heavy atom. The zero-order valence-electron chi connectivity index (χ0n) is 14.1. The van der Waals surface area contributed by atoms with Crippen LogP contribution in [0, 0.1) is 5.82 Å². The number of hydrogen-bond donors (Lipinski definition) is 1. The van der Waals surface area contributed by atoms with Crippen LogP contribution in [0.15, 0.2) is 22.6 Å². The van der Waals surface area contributed by atoms with E-state index in [0.717, 1.165) is 6.07 Å². The molecule has 1 N–H and O–H groups in total. The van der Waals surface area contributed by atoms with E-state index >= 15 is 0 Å². The fourth-order valence-corrected chi connectivity index (χ4v) is 2.05. The second kappa shape index (κ2) is 6.37. The normalized spacial score (nSPS) is 17.3. The second-order valence-corrected chi connectivity index (χ2v) is 7.30. The third-order valence-electron chi connectivity index (χ3n) is 2.61. The Morgan fingerprint density at radius 1 is 1.43 bits per heavy atom. The van der Waals surface area contributed by atoms with E-state index < -0.39 is 40.0 Å². The van der Waals surface area contributed by atoms with Gasteiger partial charge in [0.2, 0.25) is 0 Å². The smallest absolute Gasteiger partial charge is 0.298 e. The van der Waals surface area contributed by atoms with Gasteiger partial charge in [-0.25, -0.2) is 4.39 Å². The summed E-state index contributed by atoms with van der Waals surface area (Å²) in [5.41, 5.74) is -1.69. The van der Waals surface area contributed by atoms with Crippen molar-refractivity contribution in [2.45, 2.75) is 38.4 Å². The van der Waals surface area contributed by atoms with E-state index in [2.05, 4.69) is 4.40 Å². The van der Waals surface area contributed by atoms with Crippen LogP contribution < -0.4 is 0 Å². The molecule has 0 aliphatic rings. The van der Waals surface area contributed by atoms with Crippen LogP contribution in [-0.4, -0.2) is 26.7 Å². The minimum absolute atomic E-state index is 0.0630. The van der Waals surface area contributed by atoms with Gasteiger partial charge in [0.15, 0.2) is 0 Å². The van der Waals surface area contributed by atoms with Crippen molar-refractivity contribution >= 4 is 17.1 Å². The van der Waals surface area contributed by atoms with Crippen molar-refractivity contribution in [1.82, 2.24) is 0 Å². The van der Waals surface area contributed by atoms with Crippen LogP contribution in [0.3, 0.4) is 0 Å². The van der Waals surface area contributed by atoms with Crippen LogP contribution in [0.25, 0.3) is 0 Å². The summed E-state index contributed by atoms with van der Waals surface area (Å²) in [6.07, 6.45) is 0. The summed E-state index contributed by atoms with van der Waals surface area (Å²) >= 11 is -1.71. The molecular formula is C14H18F3NO2S. The standard InChI is InChI=1S/C14H18F3NO2S/c1-9(18-21(20)13(2,3)4)10-6-5-7-11(12(10)15)14(16,17)8-19/h5-7,19H,8H2,1-4H3/b18-9-/t21-/m1/s1/i8D2. The minimum atomic E-state index is -4.45. The Kier molecular flexibility index (Phi) is 4.51. The molecule has 21 heavy (non-hydrogen) atoms. The van der Waals surface area contributed by atoms with Gasteiger partial charge in [0.05, 0.1) is 14.0 Å². The Morgan fingerprint density at radius 3 is 2.48 bits per heavy atom. The molecule has 0 heterocycles. The van der Waals surface area contributed by atoms with Gasteiger partial charge in [-0.3, -0.25) is 0 Å². The molecule has 7 heteroatoms. The fraction of sp³-hybridized carbons (Fsp3) is 0.500. The predicted molar refractivity (Wildman–Crippen MR) is 77.5 cm³/mol. The maximum absolute atomic E-state index is 14.4. The molecule has 0 amide bonds. The van der Waals surface area contributed by atoms with Gasteiger partial charge in [-0.05, 0) is 33.8 Å². The molecular weight excluding hydrogens is 303 g/mol. The van der Waals surface area contributed by atoms with Crippen LogP contribution >= 0.6 is 0 Å². The molecule has 0 aliphatic heterocycles. The molecule has 0 saturated carbocycles. The molecule has 118 valence electrons. The van der Waals surface area contributed by atoms with Crippen molar-refractivity contribution in [3.05, 3.63) is 35.1 Å². The first-order valence-corrected chi connectivity index (χ1v) is 7.17. The second-order valence-electron chi connectivity index (χ2n) is 5.39. The van der Waals surface area contributed by atoms with Crippen LogP contribution in [0.1, 0.15) is 41.6 Å². The summed E-state index contributed by atoms with van der Waals surface area (Å²) in [4.78, 5) is 0. The Balaban J connectivity index is 3.38. The third kappa shape index (κ3) is 4.21. The molecule has 1 atom stereocenters. The summed E-state index contributed by atoms with van der Waals surface area (Å²) in [7, 11) is 0. The van der Waals surface area contributed by atoms with Gasteiger partial charge in [-0.1, -0.05) is 16.5 Å². The first-order valence-electron chi connectivity index (χ1n) is 7.06. The van der Waals surface area contributed by atoms with Crippen LogP contribution in [-0.2, 0) is 17.3 Å². The van der Waals surface area contributed by atoms with Gasteiger partial charge in [-0.2, -0.15) is 8.78 Å². The van der Waals surface area contributed by atoms with E-state index in [9.17, 15) is 17.7 Å². The van der Waals surface area contributed by atoms with Crippen molar-refractivity contribution in [3.63, 3.8) is 0 Å². The van der Waals surface area contributed by atoms with Crippen molar-refractivity contribution in [1.29, 1.82) is 0 Å².